The van der Waals surface area contributed by atoms with Gasteiger partial charge in [0.2, 0.25) is 5.91 Å². The normalized spacial score (nSPS) is 24.3. The lowest BCUT2D eigenvalue weighted by Gasteiger charge is -2.30. The number of amides is 1. The van der Waals surface area contributed by atoms with Gasteiger partial charge in [0.15, 0.2) is 5.67 Å². The molecule has 0 bridgehead atoms. The first-order valence-corrected chi connectivity index (χ1v) is 6.66. The lowest BCUT2D eigenvalue weighted by molar-refractivity contribution is -0.123. The van der Waals surface area contributed by atoms with E-state index in [9.17, 15) is 4.79 Å². The highest BCUT2D eigenvalue weighted by atomic mass is 19.1. The number of allylic oxidation sites excluding steroid dienone is 3. The second-order valence-electron chi connectivity index (χ2n) is 5.14. The van der Waals surface area contributed by atoms with E-state index in [4.69, 9.17) is 11.5 Å². The summed E-state index contributed by atoms with van der Waals surface area (Å²) in [5.74, 6) is -1.73. The van der Waals surface area contributed by atoms with Crippen LogP contribution in [0, 0.1) is 5.92 Å². The molecule has 4 N–H and O–H groups in total. The molecule has 106 valence electrons. The van der Waals surface area contributed by atoms with Gasteiger partial charge in [-0.1, -0.05) is 48.6 Å². The highest BCUT2D eigenvalue weighted by Gasteiger charge is 2.42. The molecular formula is C17H15FN2O. The Kier molecular flexibility index (Phi) is 3.01. The monoisotopic (exact) mass is 282 g/mol. The van der Waals surface area contributed by atoms with Gasteiger partial charge in [-0.05, 0) is 17.5 Å². The van der Waals surface area contributed by atoms with Crippen molar-refractivity contribution in [2.24, 2.45) is 11.7 Å². The number of alkyl halides is 1. The molecule has 0 radical (unpaired) electrons. The number of primary amides is 1. The zero-order valence-electron chi connectivity index (χ0n) is 11.3. The third kappa shape index (κ3) is 2.00. The van der Waals surface area contributed by atoms with Crippen LogP contribution in [0.25, 0.3) is 10.8 Å². The lowest BCUT2D eigenvalue weighted by atomic mass is 9.77. The fourth-order valence-corrected chi connectivity index (χ4v) is 2.83. The van der Waals surface area contributed by atoms with Crippen LogP contribution in [0.2, 0.25) is 0 Å². The number of nitrogens with two attached hydrogens (primary N) is 2. The second kappa shape index (κ2) is 4.74. The first-order valence-electron chi connectivity index (χ1n) is 6.66. The van der Waals surface area contributed by atoms with Gasteiger partial charge in [-0.2, -0.15) is 0 Å². The van der Waals surface area contributed by atoms with Gasteiger partial charge in [-0.25, -0.2) is 4.39 Å². The number of carbonyl (C=O) groups excluding carboxylic acids is 1. The SMILES string of the molecule is NC(=O)C1C=CC=CC1(F)c1ccc(N)c2ccccc12. The first kappa shape index (κ1) is 13.4. The molecule has 1 aliphatic rings. The number of anilines is 1. The van der Waals surface area contributed by atoms with Crippen molar-refractivity contribution >= 4 is 22.4 Å². The van der Waals surface area contributed by atoms with Gasteiger partial charge >= 0.3 is 0 Å². The van der Waals surface area contributed by atoms with Crippen LogP contribution in [0.15, 0.2) is 60.7 Å². The predicted octanol–water partition coefficient (Wildman–Crippen LogP) is 2.81. The Morgan fingerprint density at radius 2 is 1.81 bits per heavy atom. The van der Waals surface area contributed by atoms with Crippen molar-refractivity contribution in [2.75, 3.05) is 5.73 Å². The number of fused-ring (bicyclic) bond motifs is 1. The molecule has 0 heterocycles. The van der Waals surface area contributed by atoms with Crippen molar-refractivity contribution in [3.8, 4) is 0 Å². The van der Waals surface area contributed by atoms with Crippen LogP contribution in [0.5, 0.6) is 0 Å². The molecule has 3 rings (SSSR count). The number of rotatable bonds is 2. The summed E-state index contributed by atoms with van der Waals surface area (Å²) in [4.78, 5) is 11.6. The first-order chi connectivity index (χ1) is 10.0. The van der Waals surface area contributed by atoms with E-state index in [0.717, 1.165) is 5.39 Å². The summed E-state index contributed by atoms with van der Waals surface area (Å²) >= 11 is 0. The number of hydrogen-bond acceptors (Lipinski definition) is 2. The number of hydrogen-bond donors (Lipinski definition) is 2. The fourth-order valence-electron chi connectivity index (χ4n) is 2.83. The van der Waals surface area contributed by atoms with Crippen LogP contribution < -0.4 is 11.5 Å². The van der Waals surface area contributed by atoms with E-state index in [1.165, 1.54) is 12.2 Å². The third-order valence-electron chi connectivity index (χ3n) is 3.88. The average Bonchev–Trinajstić information content (AvgIpc) is 2.48. The van der Waals surface area contributed by atoms with E-state index in [1.54, 1.807) is 30.4 Å². The van der Waals surface area contributed by atoms with Gasteiger partial charge < -0.3 is 11.5 Å². The topological polar surface area (TPSA) is 69.1 Å². The van der Waals surface area contributed by atoms with E-state index >= 15 is 4.39 Å². The van der Waals surface area contributed by atoms with Crippen LogP contribution in [-0.2, 0) is 10.5 Å². The Morgan fingerprint density at radius 3 is 2.52 bits per heavy atom. The molecule has 4 heteroatoms. The van der Waals surface area contributed by atoms with E-state index in [2.05, 4.69) is 0 Å². The molecule has 2 unspecified atom stereocenters. The van der Waals surface area contributed by atoms with Crippen LogP contribution in [0.1, 0.15) is 5.56 Å². The summed E-state index contributed by atoms with van der Waals surface area (Å²) in [5.41, 5.74) is 10.3. The Hall–Kier alpha value is -2.62. The van der Waals surface area contributed by atoms with Crippen LogP contribution >= 0.6 is 0 Å². The maximum atomic E-state index is 15.6. The predicted molar refractivity (Wildman–Crippen MR) is 82.1 cm³/mol. The molecule has 2 aromatic carbocycles. The van der Waals surface area contributed by atoms with Crippen LogP contribution in [0.4, 0.5) is 10.1 Å². The quantitative estimate of drug-likeness (QED) is 0.832. The summed E-state index contributed by atoms with van der Waals surface area (Å²) in [6, 6.07) is 10.6. The maximum absolute atomic E-state index is 15.6. The zero-order chi connectivity index (χ0) is 15.0. The number of nitrogen functional groups attached to an aromatic ring is 1. The van der Waals surface area contributed by atoms with E-state index in [-0.39, 0.29) is 0 Å². The zero-order valence-corrected chi connectivity index (χ0v) is 11.3. The summed E-state index contributed by atoms with van der Waals surface area (Å²) in [6.07, 6.45) is 6.09. The van der Waals surface area contributed by atoms with Gasteiger partial charge in [-0.15, -0.1) is 0 Å². The van der Waals surface area contributed by atoms with E-state index in [0.29, 0.717) is 16.6 Å². The fraction of sp³-hybridized carbons (Fsp3) is 0.118. The molecule has 0 fully saturated rings. The molecule has 2 aromatic rings. The Balaban J connectivity index is 2.29. The standard InChI is InChI=1S/C17H15FN2O/c18-17(10-4-3-7-14(17)16(20)21)13-8-9-15(19)12-6-2-1-5-11(12)13/h1-10,14H,19H2,(H2,20,21). The average molecular weight is 282 g/mol. The minimum Gasteiger partial charge on any atom is -0.398 e. The molecule has 3 nitrogen and oxygen atoms in total. The Labute approximate surface area is 121 Å². The summed E-state index contributed by atoms with van der Waals surface area (Å²) in [7, 11) is 0. The van der Waals surface area contributed by atoms with Gasteiger partial charge in [0.25, 0.3) is 0 Å². The van der Waals surface area contributed by atoms with Gasteiger partial charge in [-0.3, -0.25) is 4.79 Å². The minimum atomic E-state index is -1.96. The molecule has 0 saturated heterocycles. The van der Waals surface area contributed by atoms with Crippen molar-refractivity contribution in [2.45, 2.75) is 5.67 Å². The van der Waals surface area contributed by atoms with Crippen molar-refractivity contribution in [3.63, 3.8) is 0 Å². The number of carbonyl (C=O) groups is 1. The second-order valence-corrected chi connectivity index (χ2v) is 5.14. The van der Waals surface area contributed by atoms with Crippen LogP contribution in [-0.4, -0.2) is 5.91 Å². The van der Waals surface area contributed by atoms with Gasteiger partial charge in [0.05, 0.1) is 5.92 Å². The highest BCUT2D eigenvalue weighted by molar-refractivity contribution is 5.96. The Bertz CT molecular complexity index is 781. The van der Waals surface area contributed by atoms with Crippen LogP contribution in [0.3, 0.4) is 0 Å². The van der Waals surface area contributed by atoms with Crippen molar-refractivity contribution in [3.05, 3.63) is 66.3 Å². The van der Waals surface area contributed by atoms with Crippen molar-refractivity contribution < 1.29 is 9.18 Å². The largest absolute Gasteiger partial charge is 0.398 e. The minimum absolute atomic E-state index is 0.400. The molecular weight excluding hydrogens is 267 g/mol. The van der Waals surface area contributed by atoms with Crippen molar-refractivity contribution in [1.82, 2.24) is 0 Å². The van der Waals surface area contributed by atoms with Gasteiger partial charge in [0, 0.05) is 16.6 Å². The maximum Gasteiger partial charge on any atom is 0.228 e. The lowest BCUT2D eigenvalue weighted by Crippen LogP contribution is -2.38. The molecule has 2 atom stereocenters. The number of benzene rings is 2. The molecule has 1 amide bonds. The summed E-state index contributed by atoms with van der Waals surface area (Å²) in [6.45, 7) is 0. The van der Waals surface area contributed by atoms with E-state index in [1.807, 2.05) is 18.2 Å². The van der Waals surface area contributed by atoms with E-state index < -0.39 is 17.5 Å². The Morgan fingerprint density at radius 1 is 1.10 bits per heavy atom. The van der Waals surface area contributed by atoms with Gasteiger partial charge in [0.1, 0.15) is 0 Å². The molecule has 1 aliphatic carbocycles. The summed E-state index contributed by atoms with van der Waals surface area (Å²) in [5, 5.41) is 1.45. The smallest absolute Gasteiger partial charge is 0.228 e. The number of halogens is 1. The highest BCUT2D eigenvalue weighted by Crippen LogP contribution is 2.42. The molecule has 0 aliphatic heterocycles. The molecule has 21 heavy (non-hydrogen) atoms. The summed E-state index contributed by atoms with van der Waals surface area (Å²) < 4.78 is 15.6. The third-order valence-corrected chi connectivity index (χ3v) is 3.88. The molecule has 0 saturated carbocycles. The molecule has 0 aromatic heterocycles. The molecule has 0 spiro atoms. The van der Waals surface area contributed by atoms with Crippen molar-refractivity contribution in [1.29, 1.82) is 0 Å².